The smallest absolute Gasteiger partial charge is 0.0266 e. The summed E-state index contributed by atoms with van der Waals surface area (Å²) in [4.78, 5) is 0. The fraction of sp³-hybridized carbons (Fsp3) is 1.00. The van der Waals surface area contributed by atoms with Gasteiger partial charge in [0.05, 0.1) is 0 Å². The highest BCUT2D eigenvalue weighted by molar-refractivity contribution is 5.08. The summed E-state index contributed by atoms with van der Waals surface area (Å²) in [7, 11) is 0. The van der Waals surface area contributed by atoms with E-state index >= 15 is 0 Å². The van der Waals surface area contributed by atoms with E-state index in [0.717, 1.165) is 35.5 Å². The van der Waals surface area contributed by atoms with Gasteiger partial charge in [-0.3, -0.25) is 0 Å². The summed E-state index contributed by atoms with van der Waals surface area (Å²) in [6, 6.07) is 0. The van der Waals surface area contributed by atoms with Crippen LogP contribution in [0.1, 0.15) is 131 Å². The molecule has 4 aliphatic carbocycles. The van der Waals surface area contributed by atoms with E-state index in [9.17, 15) is 0 Å². The summed E-state index contributed by atoms with van der Waals surface area (Å²) in [5, 5.41) is 0. The first-order valence-electron chi connectivity index (χ1n) is 13.5. The highest BCUT2D eigenvalue weighted by Crippen LogP contribution is 2.68. The van der Waals surface area contributed by atoms with Gasteiger partial charge in [0.2, 0.25) is 0 Å². The molecular weight excluding hydrogens is 336 g/mol. The minimum Gasteiger partial charge on any atom is -0.0683 e. The molecule has 0 aromatic carbocycles. The number of unbranched alkanes of at least 4 members (excludes halogenated alkanes) is 3. The Bertz CT molecular complexity index is 480. The Morgan fingerprint density at radius 1 is 0.750 bits per heavy atom. The van der Waals surface area contributed by atoms with Crippen molar-refractivity contribution in [3.05, 3.63) is 0 Å². The van der Waals surface area contributed by atoms with Gasteiger partial charge < -0.3 is 0 Å². The third kappa shape index (κ3) is 3.97. The number of fused-ring (bicyclic) bond motifs is 5. The molecule has 28 heavy (non-hydrogen) atoms. The molecule has 0 radical (unpaired) electrons. The first-order chi connectivity index (χ1) is 13.5. The Balaban J connectivity index is 0.00000109. The molecule has 0 aromatic rings. The maximum Gasteiger partial charge on any atom is -0.0266 e. The van der Waals surface area contributed by atoms with Gasteiger partial charge in [-0.15, -0.1) is 0 Å². The predicted octanol–water partition coefficient (Wildman–Crippen LogP) is 9.28. The van der Waals surface area contributed by atoms with Gasteiger partial charge in [-0.25, -0.2) is 0 Å². The lowest BCUT2D eigenvalue weighted by Gasteiger charge is -2.61. The van der Waals surface area contributed by atoms with E-state index in [-0.39, 0.29) is 0 Å². The van der Waals surface area contributed by atoms with Gasteiger partial charge >= 0.3 is 0 Å². The molecule has 4 aliphatic rings. The molecule has 0 aliphatic heterocycles. The molecule has 0 saturated heterocycles. The summed E-state index contributed by atoms with van der Waals surface area (Å²) < 4.78 is 0. The van der Waals surface area contributed by atoms with Crippen LogP contribution in [0.25, 0.3) is 0 Å². The summed E-state index contributed by atoms with van der Waals surface area (Å²) in [6.07, 6.45) is 21.4. The molecule has 0 amide bonds. The maximum atomic E-state index is 2.74. The van der Waals surface area contributed by atoms with Gasteiger partial charge in [-0.1, -0.05) is 73.6 Å². The quantitative estimate of drug-likeness (QED) is 0.411. The lowest BCUT2D eigenvalue weighted by Crippen LogP contribution is -2.53. The van der Waals surface area contributed by atoms with E-state index in [1.54, 1.807) is 57.8 Å². The average Bonchev–Trinajstić information content (AvgIpc) is 3.04. The van der Waals surface area contributed by atoms with Crippen LogP contribution in [0.15, 0.2) is 0 Å². The Kier molecular flexibility index (Phi) is 7.64. The molecule has 164 valence electrons. The highest BCUT2D eigenvalue weighted by Gasteiger charge is 2.59. The molecule has 0 aromatic heterocycles. The second-order valence-electron chi connectivity index (χ2n) is 11.7. The number of hydrogen-bond acceptors (Lipinski definition) is 0. The van der Waals surface area contributed by atoms with Gasteiger partial charge in [0.15, 0.2) is 0 Å². The van der Waals surface area contributed by atoms with Crippen LogP contribution in [0.3, 0.4) is 0 Å². The third-order valence-corrected chi connectivity index (χ3v) is 10.5. The first-order valence-corrected chi connectivity index (χ1v) is 13.5. The maximum absolute atomic E-state index is 2.74. The third-order valence-electron chi connectivity index (χ3n) is 10.5. The van der Waals surface area contributed by atoms with Gasteiger partial charge in [0.25, 0.3) is 0 Å². The minimum atomic E-state index is 0.704. The zero-order valence-corrected chi connectivity index (χ0v) is 20.4. The Morgan fingerprint density at radius 2 is 1.46 bits per heavy atom. The molecule has 4 fully saturated rings. The summed E-state index contributed by atoms with van der Waals surface area (Å²) >= 11 is 0. The van der Waals surface area contributed by atoms with Crippen molar-refractivity contribution in [1.82, 2.24) is 0 Å². The van der Waals surface area contributed by atoms with E-state index in [1.165, 1.54) is 32.1 Å². The Labute approximate surface area is 178 Å². The van der Waals surface area contributed by atoms with Crippen LogP contribution in [0.2, 0.25) is 0 Å². The fourth-order valence-electron chi connectivity index (χ4n) is 8.87. The standard InChI is InChI=1S/C26H46.C2H6/c1-5-6-7-8-9-20-11-13-23-22-12-10-21-18-19(2)14-16-26(21,4)24(22)15-17-25(20,23)3;1-2/h19-24H,5-18H2,1-4H3;1-2H3. The molecule has 0 bridgehead atoms. The molecule has 8 unspecified atom stereocenters. The molecule has 8 atom stereocenters. The van der Waals surface area contributed by atoms with Gasteiger partial charge in [-0.05, 0) is 104 Å². The van der Waals surface area contributed by atoms with Crippen LogP contribution in [0, 0.1) is 46.3 Å². The van der Waals surface area contributed by atoms with Crippen molar-refractivity contribution in [1.29, 1.82) is 0 Å². The molecule has 0 spiro atoms. The molecule has 4 rings (SSSR count). The van der Waals surface area contributed by atoms with Gasteiger partial charge in [-0.2, -0.15) is 0 Å². The van der Waals surface area contributed by atoms with E-state index in [4.69, 9.17) is 0 Å². The summed E-state index contributed by atoms with van der Waals surface area (Å²) in [5.41, 5.74) is 1.41. The first kappa shape index (κ1) is 22.7. The molecule has 0 heterocycles. The van der Waals surface area contributed by atoms with Crippen molar-refractivity contribution >= 4 is 0 Å². The van der Waals surface area contributed by atoms with E-state index in [2.05, 4.69) is 27.7 Å². The lowest BCUT2D eigenvalue weighted by molar-refractivity contribution is -0.117. The lowest BCUT2D eigenvalue weighted by atomic mass is 9.44. The zero-order valence-electron chi connectivity index (χ0n) is 20.4. The topological polar surface area (TPSA) is 0 Å². The van der Waals surface area contributed by atoms with Crippen molar-refractivity contribution in [2.24, 2.45) is 46.3 Å². The average molecular weight is 389 g/mol. The number of rotatable bonds is 5. The molecular formula is C28H52. The normalized spacial score (nSPS) is 47.4. The second-order valence-corrected chi connectivity index (χ2v) is 11.7. The van der Waals surface area contributed by atoms with Crippen LogP contribution in [0.5, 0.6) is 0 Å². The number of hydrogen-bond donors (Lipinski definition) is 0. The highest BCUT2D eigenvalue weighted by atomic mass is 14.6. The van der Waals surface area contributed by atoms with Crippen LogP contribution < -0.4 is 0 Å². The van der Waals surface area contributed by atoms with E-state index < -0.39 is 0 Å². The summed E-state index contributed by atoms with van der Waals surface area (Å²) in [6.45, 7) is 14.3. The van der Waals surface area contributed by atoms with Crippen LogP contribution in [0.4, 0.5) is 0 Å². The molecule has 4 saturated carbocycles. The monoisotopic (exact) mass is 388 g/mol. The van der Waals surface area contributed by atoms with Crippen molar-refractivity contribution in [2.75, 3.05) is 0 Å². The van der Waals surface area contributed by atoms with Crippen molar-refractivity contribution in [3.8, 4) is 0 Å². The van der Waals surface area contributed by atoms with Crippen LogP contribution >= 0.6 is 0 Å². The van der Waals surface area contributed by atoms with E-state index in [0.29, 0.717) is 10.8 Å². The van der Waals surface area contributed by atoms with Crippen molar-refractivity contribution in [2.45, 2.75) is 131 Å². The zero-order chi connectivity index (χ0) is 20.4. The molecule has 0 heteroatoms. The minimum absolute atomic E-state index is 0.704. The van der Waals surface area contributed by atoms with Crippen molar-refractivity contribution < 1.29 is 0 Å². The van der Waals surface area contributed by atoms with Gasteiger partial charge in [0, 0.05) is 0 Å². The summed E-state index contributed by atoms with van der Waals surface area (Å²) in [5.74, 6) is 6.35. The van der Waals surface area contributed by atoms with Crippen molar-refractivity contribution in [3.63, 3.8) is 0 Å². The Morgan fingerprint density at radius 3 is 2.21 bits per heavy atom. The van der Waals surface area contributed by atoms with Gasteiger partial charge in [0.1, 0.15) is 0 Å². The SMILES string of the molecule is CC.CCCCCCC1CCC2C3CCC4CC(C)CCC4(C)C3CCC12C. The fourth-order valence-corrected chi connectivity index (χ4v) is 8.87. The van der Waals surface area contributed by atoms with E-state index in [1.807, 2.05) is 13.8 Å². The second kappa shape index (κ2) is 9.43. The molecule has 0 nitrogen and oxygen atoms in total. The van der Waals surface area contributed by atoms with Crippen LogP contribution in [-0.4, -0.2) is 0 Å². The molecule has 0 N–H and O–H groups in total. The van der Waals surface area contributed by atoms with Crippen LogP contribution in [-0.2, 0) is 0 Å². The largest absolute Gasteiger partial charge is 0.0683 e. The predicted molar refractivity (Wildman–Crippen MR) is 124 cm³/mol. The Hall–Kier alpha value is 0.